The fraction of sp³-hybridized carbons (Fsp3) is 0. The van der Waals surface area contributed by atoms with Crippen LogP contribution in [0.1, 0.15) is 0 Å². The average molecular weight is 220 g/mol. The van der Waals surface area contributed by atoms with Gasteiger partial charge in [-0.1, -0.05) is 16.7 Å². The van der Waals surface area contributed by atoms with Crippen molar-refractivity contribution in [2.24, 2.45) is 10.8 Å². The first kappa shape index (κ1) is 9.71. The highest BCUT2D eigenvalue weighted by molar-refractivity contribution is 6.30. The first-order chi connectivity index (χ1) is 7.19. The Bertz CT molecular complexity index is 483. The van der Waals surface area contributed by atoms with E-state index in [9.17, 15) is 0 Å². The molecule has 0 saturated heterocycles. The Hall–Kier alpha value is -1.83. The highest BCUT2D eigenvalue weighted by Crippen LogP contribution is 2.29. The molecule has 0 fully saturated rings. The van der Waals surface area contributed by atoms with Crippen LogP contribution in [0.3, 0.4) is 0 Å². The quantitative estimate of drug-likeness (QED) is 0.580. The van der Waals surface area contributed by atoms with Crippen LogP contribution in [-0.4, -0.2) is 6.21 Å². The molecule has 1 unspecified atom stereocenters. The maximum absolute atomic E-state index is 9.16. The van der Waals surface area contributed by atoms with Crippen molar-refractivity contribution in [2.75, 3.05) is 0 Å². The number of nitrogens with two attached hydrogens (primary N) is 1. The monoisotopic (exact) mass is 219 g/mol. The van der Waals surface area contributed by atoms with Crippen molar-refractivity contribution in [3.8, 4) is 6.19 Å². The molecular formula is C10H8ClN4+. The second kappa shape index (κ2) is 3.39. The Morgan fingerprint density at radius 1 is 1.33 bits per heavy atom. The van der Waals surface area contributed by atoms with Gasteiger partial charge in [0.1, 0.15) is 0 Å². The summed E-state index contributed by atoms with van der Waals surface area (Å²) in [6.07, 6.45) is 5.20. The van der Waals surface area contributed by atoms with Crippen molar-refractivity contribution in [3.63, 3.8) is 0 Å². The molecule has 74 valence electrons. The third kappa shape index (κ3) is 1.38. The number of halogens is 1. The van der Waals surface area contributed by atoms with E-state index in [-0.39, 0.29) is 4.59 Å². The molecule has 1 heterocycles. The molecule has 1 aliphatic rings. The van der Waals surface area contributed by atoms with Crippen molar-refractivity contribution in [3.05, 3.63) is 41.2 Å². The summed E-state index contributed by atoms with van der Waals surface area (Å²) in [6.45, 7) is 0. The van der Waals surface area contributed by atoms with Gasteiger partial charge in [0.25, 0.3) is 0 Å². The fourth-order valence-electron chi connectivity index (χ4n) is 1.40. The van der Waals surface area contributed by atoms with Gasteiger partial charge in [-0.25, -0.2) is 0 Å². The summed E-state index contributed by atoms with van der Waals surface area (Å²) in [7, 11) is 0. The SMILES string of the molecule is N#C[N+]1(c2ccc(Cl)cc2)N=CC=C1N. The predicted molar refractivity (Wildman–Crippen MR) is 59.6 cm³/mol. The third-order valence-electron chi connectivity index (χ3n) is 2.20. The molecule has 2 rings (SSSR count). The lowest BCUT2D eigenvalue weighted by molar-refractivity contribution is 0.507. The van der Waals surface area contributed by atoms with Crippen LogP contribution in [0, 0.1) is 11.5 Å². The zero-order valence-electron chi connectivity index (χ0n) is 7.76. The first-order valence-electron chi connectivity index (χ1n) is 4.27. The Kier molecular flexibility index (Phi) is 2.19. The van der Waals surface area contributed by atoms with Gasteiger partial charge in [-0.3, -0.25) is 0 Å². The van der Waals surface area contributed by atoms with Crippen LogP contribution in [-0.2, 0) is 0 Å². The number of rotatable bonds is 1. The van der Waals surface area contributed by atoms with Crippen molar-refractivity contribution in [2.45, 2.75) is 0 Å². The van der Waals surface area contributed by atoms with Crippen molar-refractivity contribution in [1.29, 1.82) is 5.26 Å². The van der Waals surface area contributed by atoms with E-state index in [1.165, 1.54) is 6.21 Å². The number of nitrogens with zero attached hydrogens (tertiary/aromatic N) is 3. The maximum atomic E-state index is 9.16. The lowest BCUT2D eigenvalue weighted by Gasteiger charge is -2.17. The van der Waals surface area contributed by atoms with Crippen LogP contribution >= 0.6 is 11.6 Å². The van der Waals surface area contributed by atoms with Crippen LogP contribution in [0.5, 0.6) is 0 Å². The van der Waals surface area contributed by atoms with E-state index in [2.05, 4.69) is 11.3 Å². The molecule has 4 nitrogen and oxygen atoms in total. The molecular weight excluding hydrogens is 212 g/mol. The van der Waals surface area contributed by atoms with E-state index in [4.69, 9.17) is 22.6 Å². The van der Waals surface area contributed by atoms with Gasteiger partial charge in [0, 0.05) is 23.2 Å². The molecule has 15 heavy (non-hydrogen) atoms. The normalized spacial score (nSPS) is 23.6. The Morgan fingerprint density at radius 2 is 2.00 bits per heavy atom. The molecule has 0 aromatic heterocycles. The summed E-state index contributed by atoms with van der Waals surface area (Å²) < 4.78 is -0.350. The summed E-state index contributed by atoms with van der Waals surface area (Å²) in [5.41, 5.74) is 6.42. The van der Waals surface area contributed by atoms with Crippen molar-refractivity contribution < 1.29 is 0 Å². The number of quaternary nitrogens is 1. The highest BCUT2D eigenvalue weighted by Gasteiger charge is 2.38. The molecule has 5 heteroatoms. The van der Waals surface area contributed by atoms with Crippen LogP contribution in [0.4, 0.5) is 5.69 Å². The van der Waals surface area contributed by atoms with Gasteiger partial charge in [-0.2, -0.15) is 0 Å². The summed E-state index contributed by atoms with van der Waals surface area (Å²) in [5.74, 6) is 0.375. The minimum absolute atomic E-state index is 0.350. The second-order valence-electron chi connectivity index (χ2n) is 3.07. The molecule has 1 atom stereocenters. The summed E-state index contributed by atoms with van der Waals surface area (Å²) in [4.78, 5) is 0. The smallest absolute Gasteiger partial charge is 0.350 e. The molecule has 1 aromatic carbocycles. The Balaban J connectivity index is 2.54. The Morgan fingerprint density at radius 3 is 2.47 bits per heavy atom. The molecule has 0 radical (unpaired) electrons. The van der Waals surface area contributed by atoms with Gasteiger partial charge < -0.3 is 5.73 Å². The van der Waals surface area contributed by atoms with Gasteiger partial charge in [0.05, 0.1) is 6.21 Å². The second-order valence-corrected chi connectivity index (χ2v) is 3.50. The van der Waals surface area contributed by atoms with E-state index >= 15 is 0 Å². The third-order valence-corrected chi connectivity index (χ3v) is 2.46. The fourth-order valence-corrected chi connectivity index (χ4v) is 1.52. The topological polar surface area (TPSA) is 62.2 Å². The number of allylic oxidation sites excluding steroid dienone is 1. The molecule has 1 aliphatic heterocycles. The number of nitriles is 1. The van der Waals surface area contributed by atoms with E-state index in [0.717, 1.165) is 0 Å². The minimum atomic E-state index is -0.350. The van der Waals surface area contributed by atoms with E-state index in [1.807, 2.05) is 0 Å². The van der Waals surface area contributed by atoms with Crippen molar-refractivity contribution >= 4 is 23.5 Å². The van der Waals surface area contributed by atoms with Gasteiger partial charge in [-0.15, -0.1) is 5.26 Å². The highest BCUT2D eigenvalue weighted by atomic mass is 35.5. The van der Waals surface area contributed by atoms with E-state index < -0.39 is 0 Å². The van der Waals surface area contributed by atoms with Gasteiger partial charge in [-0.05, 0) is 16.7 Å². The molecule has 0 aliphatic carbocycles. The van der Waals surface area contributed by atoms with Gasteiger partial charge in [0.2, 0.25) is 5.82 Å². The largest absolute Gasteiger partial charge is 0.351 e. The molecule has 0 saturated carbocycles. The molecule has 0 spiro atoms. The number of benzene rings is 1. The van der Waals surface area contributed by atoms with Gasteiger partial charge >= 0.3 is 6.19 Å². The Labute approximate surface area is 92.1 Å². The standard InChI is InChI=1S/C10H8ClN4/c11-8-1-3-9(4-2-8)15(7-12)10(13)5-6-14-15/h1-6H,13H2/q+1. The summed E-state index contributed by atoms with van der Waals surface area (Å²) in [6, 6.07) is 6.87. The molecule has 0 bridgehead atoms. The summed E-state index contributed by atoms with van der Waals surface area (Å²) >= 11 is 5.77. The molecule has 0 amide bonds. The number of hydrogen-bond donors (Lipinski definition) is 1. The van der Waals surface area contributed by atoms with E-state index in [0.29, 0.717) is 16.5 Å². The zero-order valence-corrected chi connectivity index (χ0v) is 8.52. The van der Waals surface area contributed by atoms with Crippen LogP contribution in [0.15, 0.2) is 41.3 Å². The summed E-state index contributed by atoms with van der Waals surface area (Å²) in [5, 5.41) is 13.8. The predicted octanol–water partition coefficient (Wildman–Crippen LogP) is 1.93. The maximum Gasteiger partial charge on any atom is 0.350 e. The van der Waals surface area contributed by atoms with Crippen LogP contribution in [0.2, 0.25) is 5.02 Å². The average Bonchev–Trinajstić information content (AvgIpc) is 2.62. The van der Waals surface area contributed by atoms with Gasteiger partial charge in [0.15, 0.2) is 5.69 Å². The minimum Gasteiger partial charge on any atom is -0.351 e. The lowest BCUT2D eigenvalue weighted by atomic mass is 10.3. The lowest BCUT2D eigenvalue weighted by Crippen LogP contribution is -2.39. The first-order valence-corrected chi connectivity index (χ1v) is 4.65. The van der Waals surface area contributed by atoms with Crippen LogP contribution in [0.25, 0.3) is 0 Å². The zero-order chi connectivity index (χ0) is 10.9. The molecule has 2 N–H and O–H groups in total. The molecule has 1 aromatic rings. The van der Waals surface area contributed by atoms with Crippen LogP contribution < -0.4 is 10.3 Å². The van der Waals surface area contributed by atoms with Crippen molar-refractivity contribution in [1.82, 2.24) is 4.59 Å². The van der Waals surface area contributed by atoms with E-state index in [1.54, 1.807) is 30.3 Å². The number of hydrogen-bond acceptors (Lipinski definition) is 3.